The van der Waals surface area contributed by atoms with E-state index in [-0.39, 0.29) is 48.7 Å². The Hall–Kier alpha value is -3.59. The van der Waals surface area contributed by atoms with Gasteiger partial charge in [0.15, 0.2) is 41.4 Å². The van der Waals surface area contributed by atoms with E-state index in [0.29, 0.717) is 17.6 Å². The molecule has 4 aromatic heterocycles. The first-order valence-corrected chi connectivity index (χ1v) is 14.7. The summed E-state index contributed by atoms with van der Waals surface area (Å²) in [7, 11) is -4.89. The number of nitrogens with one attached hydrogen (secondary N) is 1. The van der Waals surface area contributed by atoms with E-state index in [1.54, 1.807) is 4.57 Å². The second-order valence-electron chi connectivity index (χ2n) is 10.7. The standard InChI is InChI=1S/C22H25N10O10P/c23-14-9-15(26-5-25-14)31(6-27-9)19-12-8-1-2-37-20-11(33)13(42-43(35,36)39-4-22(8,41-19)3-38-12)18(40-20)32-7-28-10-16(32)29-21(24)30-17(10)34/h5-8,11-13,18-20,33H,1-4H2,(H,35,36)(H2,23,25,26)(H3,24,29,30,34). The molecule has 0 saturated carbocycles. The van der Waals surface area contributed by atoms with Crippen LogP contribution in [0.25, 0.3) is 22.3 Å². The predicted molar refractivity (Wildman–Crippen MR) is 140 cm³/mol. The molecule has 8 heterocycles. The van der Waals surface area contributed by atoms with Crippen LogP contribution in [0, 0.1) is 5.92 Å². The Bertz CT molecular complexity index is 1850. The number of nitrogen functional groups attached to an aromatic ring is 2. The molecular formula is C22H25N10O10P. The van der Waals surface area contributed by atoms with Crippen molar-refractivity contribution in [1.82, 2.24) is 39.0 Å². The van der Waals surface area contributed by atoms with Gasteiger partial charge in [-0.2, -0.15) is 4.98 Å². The zero-order valence-electron chi connectivity index (χ0n) is 22.0. The number of nitrogens with two attached hydrogens (primary N) is 2. The van der Waals surface area contributed by atoms with Crippen LogP contribution >= 0.6 is 7.82 Å². The van der Waals surface area contributed by atoms with Crippen molar-refractivity contribution in [2.45, 2.75) is 49.1 Å². The van der Waals surface area contributed by atoms with Gasteiger partial charge in [-0.25, -0.2) is 24.5 Å². The lowest BCUT2D eigenvalue weighted by molar-refractivity contribution is -0.186. The number of H-pyrrole nitrogens is 1. The second-order valence-corrected chi connectivity index (χ2v) is 12.1. The number of hydrogen-bond acceptors (Lipinski definition) is 16. The van der Waals surface area contributed by atoms with Gasteiger partial charge in [-0.1, -0.05) is 0 Å². The molecule has 0 aliphatic carbocycles. The van der Waals surface area contributed by atoms with Crippen molar-refractivity contribution in [2.75, 3.05) is 31.3 Å². The maximum Gasteiger partial charge on any atom is 0.472 e. The third-order valence-electron chi connectivity index (χ3n) is 8.22. The SMILES string of the molecule is Nc1nc2c(ncn2C2OC3OCCC4C5OCC4(COP(=O)(O)OC2C3O)OC5n2cnc3c(N)ncnc32)c(=O)[nH]1. The van der Waals surface area contributed by atoms with Gasteiger partial charge in [0.25, 0.3) is 5.56 Å². The van der Waals surface area contributed by atoms with E-state index in [2.05, 4.69) is 29.9 Å². The first kappa shape index (κ1) is 27.0. The molecule has 43 heavy (non-hydrogen) atoms. The van der Waals surface area contributed by atoms with Crippen molar-refractivity contribution in [2.24, 2.45) is 5.92 Å². The summed E-state index contributed by atoms with van der Waals surface area (Å²) in [6, 6.07) is 0. The molecule has 9 atom stereocenters. The summed E-state index contributed by atoms with van der Waals surface area (Å²) in [5.41, 5.74) is 10.7. The molecule has 4 aromatic rings. The molecule has 228 valence electrons. The van der Waals surface area contributed by atoms with Crippen molar-refractivity contribution in [3.8, 4) is 0 Å². The van der Waals surface area contributed by atoms with E-state index in [9.17, 15) is 19.4 Å². The zero-order valence-corrected chi connectivity index (χ0v) is 22.9. The van der Waals surface area contributed by atoms with Crippen molar-refractivity contribution in [1.29, 1.82) is 0 Å². The molecule has 4 bridgehead atoms. The Balaban J connectivity index is 1.11. The van der Waals surface area contributed by atoms with Gasteiger partial charge in [-0.15, -0.1) is 0 Å². The lowest BCUT2D eigenvalue weighted by Gasteiger charge is -2.33. The highest BCUT2D eigenvalue weighted by Crippen LogP contribution is 2.56. The number of aromatic amines is 1. The molecule has 0 radical (unpaired) electrons. The first-order valence-electron chi connectivity index (χ1n) is 13.2. The van der Waals surface area contributed by atoms with Gasteiger partial charge in [0, 0.05) is 5.92 Å². The number of phosphoric ester groups is 1. The zero-order chi connectivity index (χ0) is 29.7. The van der Waals surface area contributed by atoms with Crippen LogP contribution in [-0.4, -0.2) is 99.1 Å². The number of aliphatic hydroxyl groups is 1. The van der Waals surface area contributed by atoms with Gasteiger partial charge in [0.2, 0.25) is 5.95 Å². The number of rotatable bonds is 2. The average Bonchev–Trinajstić information content (AvgIpc) is 3.77. The number of imidazole rings is 2. The molecule has 4 saturated heterocycles. The van der Waals surface area contributed by atoms with E-state index < -0.39 is 56.0 Å². The van der Waals surface area contributed by atoms with Gasteiger partial charge >= 0.3 is 7.82 Å². The van der Waals surface area contributed by atoms with Crippen LogP contribution in [-0.2, 0) is 32.6 Å². The molecule has 7 N–H and O–H groups in total. The van der Waals surface area contributed by atoms with Crippen molar-refractivity contribution in [3.05, 3.63) is 29.3 Å². The molecule has 4 aliphatic rings. The van der Waals surface area contributed by atoms with Crippen LogP contribution in [0.5, 0.6) is 0 Å². The van der Waals surface area contributed by atoms with Crippen LogP contribution in [0.4, 0.5) is 11.8 Å². The summed E-state index contributed by atoms with van der Waals surface area (Å²) in [6.07, 6.45) is -2.49. The lowest BCUT2D eigenvalue weighted by Crippen LogP contribution is -2.43. The Labute approximate surface area is 239 Å². The second kappa shape index (κ2) is 9.45. The topological polar surface area (TPSA) is 272 Å². The summed E-state index contributed by atoms with van der Waals surface area (Å²) in [4.78, 5) is 46.1. The number of aromatic nitrogens is 8. The number of anilines is 2. The molecule has 20 nitrogen and oxygen atoms in total. The molecule has 0 amide bonds. The predicted octanol–water partition coefficient (Wildman–Crippen LogP) is -1.46. The minimum atomic E-state index is -4.89. The number of ether oxygens (including phenoxy) is 4. The molecular weight excluding hydrogens is 595 g/mol. The molecule has 0 spiro atoms. The molecule has 0 aromatic carbocycles. The van der Waals surface area contributed by atoms with E-state index in [1.165, 1.54) is 23.5 Å². The van der Waals surface area contributed by atoms with Gasteiger partial charge in [0.1, 0.15) is 35.8 Å². The summed E-state index contributed by atoms with van der Waals surface area (Å²) >= 11 is 0. The lowest BCUT2D eigenvalue weighted by atomic mass is 9.87. The number of hydrogen-bond donors (Lipinski definition) is 5. The fourth-order valence-electron chi connectivity index (χ4n) is 6.26. The summed E-state index contributed by atoms with van der Waals surface area (Å²) in [5, 5.41) is 11.1. The minimum Gasteiger partial charge on any atom is -0.385 e. The fraction of sp³-hybridized carbons (Fsp3) is 0.545. The number of nitrogens with zero attached hydrogens (tertiary/aromatic N) is 7. The van der Waals surface area contributed by atoms with E-state index >= 15 is 0 Å². The summed E-state index contributed by atoms with van der Waals surface area (Å²) in [5.74, 6) is -0.365. The minimum absolute atomic E-state index is 0.00656. The van der Waals surface area contributed by atoms with E-state index in [1.807, 2.05) is 0 Å². The van der Waals surface area contributed by atoms with Gasteiger partial charge < -0.3 is 40.4 Å². The normalized spacial score (nSPS) is 37.9. The Kier molecular flexibility index (Phi) is 5.93. The monoisotopic (exact) mass is 620 g/mol. The van der Waals surface area contributed by atoms with Crippen LogP contribution in [0.15, 0.2) is 23.8 Å². The van der Waals surface area contributed by atoms with Crippen molar-refractivity contribution >= 4 is 41.9 Å². The summed E-state index contributed by atoms with van der Waals surface area (Å²) < 4.78 is 51.7. The smallest absolute Gasteiger partial charge is 0.385 e. The fourth-order valence-corrected chi connectivity index (χ4v) is 7.24. The average molecular weight is 620 g/mol. The maximum atomic E-state index is 13.3. The van der Waals surface area contributed by atoms with E-state index in [4.69, 9.17) is 39.5 Å². The third-order valence-corrected chi connectivity index (χ3v) is 9.19. The number of phosphoric acid groups is 1. The number of aliphatic hydroxyl groups excluding tert-OH is 1. The molecule has 4 aliphatic heterocycles. The largest absolute Gasteiger partial charge is 0.472 e. The van der Waals surface area contributed by atoms with Crippen LogP contribution < -0.4 is 17.0 Å². The van der Waals surface area contributed by atoms with Crippen LogP contribution in [0.1, 0.15) is 18.9 Å². The Morgan fingerprint density at radius 2 is 1.81 bits per heavy atom. The van der Waals surface area contributed by atoms with E-state index in [0.717, 1.165) is 0 Å². The third kappa shape index (κ3) is 4.10. The van der Waals surface area contributed by atoms with Crippen molar-refractivity contribution < 1.29 is 42.6 Å². The van der Waals surface area contributed by atoms with Gasteiger partial charge in [-0.3, -0.25) is 28.0 Å². The van der Waals surface area contributed by atoms with Crippen LogP contribution in [0.2, 0.25) is 0 Å². The van der Waals surface area contributed by atoms with Gasteiger partial charge in [-0.05, 0) is 6.42 Å². The Morgan fingerprint density at radius 3 is 2.65 bits per heavy atom. The maximum absolute atomic E-state index is 13.3. The Morgan fingerprint density at radius 1 is 1.02 bits per heavy atom. The van der Waals surface area contributed by atoms with Gasteiger partial charge in [0.05, 0.1) is 32.5 Å². The quantitative estimate of drug-likeness (QED) is 0.160. The summed E-state index contributed by atoms with van der Waals surface area (Å²) in [6.45, 7) is -0.239. The highest BCUT2D eigenvalue weighted by Gasteiger charge is 2.63. The van der Waals surface area contributed by atoms with Crippen LogP contribution in [0.3, 0.4) is 0 Å². The highest BCUT2D eigenvalue weighted by molar-refractivity contribution is 7.47. The molecule has 4 fully saturated rings. The molecule has 9 unspecified atom stereocenters. The first-order chi connectivity index (χ1) is 20.6. The molecule has 8 rings (SSSR count). The highest BCUT2D eigenvalue weighted by atomic mass is 31.2. The number of fused-ring (bicyclic) bond motifs is 4. The molecule has 21 heteroatoms. The van der Waals surface area contributed by atoms with Crippen molar-refractivity contribution in [3.63, 3.8) is 0 Å².